The van der Waals surface area contributed by atoms with Crippen molar-refractivity contribution in [2.24, 2.45) is 0 Å². The molecule has 4 heterocycles. The Bertz CT molecular complexity index is 412. The molecule has 3 saturated heterocycles. The molecule has 1 aromatic heterocycles. The molecule has 3 aliphatic rings. The normalized spacial score (nSPS) is 30.1. The second-order valence-corrected chi connectivity index (χ2v) is 5.34. The van der Waals surface area contributed by atoms with Crippen LogP contribution in [0.2, 0.25) is 0 Å². The van der Waals surface area contributed by atoms with Crippen LogP contribution >= 0.6 is 0 Å². The van der Waals surface area contributed by atoms with E-state index in [0.717, 1.165) is 49.6 Å². The number of carbonyl (C=O) groups excluding carboxylic acids is 1. The molecule has 1 aromatic rings. The van der Waals surface area contributed by atoms with E-state index in [2.05, 4.69) is 15.2 Å². The van der Waals surface area contributed by atoms with Gasteiger partial charge in [0.2, 0.25) is 0 Å². The van der Waals surface area contributed by atoms with Gasteiger partial charge in [0.25, 0.3) is 5.82 Å². The number of anilines is 1. The van der Waals surface area contributed by atoms with Gasteiger partial charge in [-0.05, 0) is 6.07 Å². The highest BCUT2D eigenvalue weighted by atomic mass is 16.2. The van der Waals surface area contributed by atoms with Gasteiger partial charge in [-0.25, -0.2) is 15.1 Å². The van der Waals surface area contributed by atoms with Gasteiger partial charge in [0, 0.05) is 25.7 Å². The molecule has 3 fully saturated rings. The number of rotatable bonds is 3. The minimum absolute atomic E-state index is 0.118. The van der Waals surface area contributed by atoms with Gasteiger partial charge in [0.1, 0.15) is 0 Å². The molecule has 1 amide bonds. The number of piperazine rings is 3. The molecule has 0 spiro atoms. The smallest absolute Gasteiger partial charge is 0.311 e. The molecular formula is C13H20N4O+2. The summed E-state index contributed by atoms with van der Waals surface area (Å²) in [6, 6.07) is 5.70. The second-order valence-electron chi connectivity index (χ2n) is 5.34. The number of carbonyl (C=O) groups is 1. The van der Waals surface area contributed by atoms with E-state index < -0.39 is 0 Å². The molecule has 96 valence electrons. The SMILES string of the molecule is O=C(C[N+]12CCN(CC1)CC2)Nc1cccc[nH+]1. The van der Waals surface area contributed by atoms with Crippen LogP contribution < -0.4 is 10.3 Å². The molecule has 0 unspecified atom stereocenters. The Labute approximate surface area is 107 Å². The van der Waals surface area contributed by atoms with Gasteiger partial charge >= 0.3 is 5.91 Å². The van der Waals surface area contributed by atoms with E-state index in [9.17, 15) is 4.79 Å². The summed E-state index contributed by atoms with van der Waals surface area (Å²) in [6.45, 7) is 7.39. The van der Waals surface area contributed by atoms with Crippen molar-refractivity contribution < 1.29 is 14.3 Å². The largest absolute Gasteiger partial charge is 0.362 e. The number of fused-ring (bicyclic) bond motifs is 3. The van der Waals surface area contributed by atoms with Crippen LogP contribution in [0.5, 0.6) is 0 Å². The van der Waals surface area contributed by atoms with Crippen LogP contribution in [0.15, 0.2) is 24.4 Å². The fourth-order valence-electron chi connectivity index (χ4n) is 2.93. The summed E-state index contributed by atoms with van der Waals surface area (Å²) in [6.07, 6.45) is 1.82. The lowest BCUT2D eigenvalue weighted by molar-refractivity contribution is -0.933. The van der Waals surface area contributed by atoms with Crippen molar-refractivity contribution in [2.45, 2.75) is 0 Å². The highest BCUT2D eigenvalue weighted by Gasteiger charge is 2.40. The summed E-state index contributed by atoms with van der Waals surface area (Å²) in [5.41, 5.74) is 0. The first-order valence-electron chi connectivity index (χ1n) is 6.60. The van der Waals surface area contributed by atoms with Crippen molar-refractivity contribution in [1.82, 2.24) is 4.90 Å². The van der Waals surface area contributed by atoms with E-state index in [1.165, 1.54) is 0 Å². The van der Waals surface area contributed by atoms with Crippen LogP contribution in [0.25, 0.3) is 0 Å². The van der Waals surface area contributed by atoms with E-state index in [1.807, 2.05) is 24.4 Å². The molecule has 2 bridgehead atoms. The van der Waals surface area contributed by atoms with Crippen LogP contribution in [0.1, 0.15) is 0 Å². The zero-order valence-electron chi connectivity index (χ0n) is 10.6. The molecule has 0 aromatic carbocycles. The maximum absolute atomic E-state index is 12.1. The first-order chi connectivity index (χ1) is 8.76. The Morgan fingerprint density at radius 3 is 2.61 bits per heavy atom. The molecule has 3 aliphatic heterocycles. The van der Waals surface area contributed by atoms with Crippen molar-refractivity contribution in [3.8, 4) is 0 Å². The predicted molar refractivity (Wildman–Crippen MR) is 67.8 cm³/mol. The zero-order valence-corrected chi connectivity index (χ0v) is 10.6. The van der Waals surface area contributed by atoms with Crippen molar-refractivity contribution in [3.05, 3.63) is 24.4 Å². The average Bonchev–Trinajstić information content (AvgIpc) is 2.41. The maximum atomic E-state index is 12.1. The van der Waals surface area contributed by atoms with Gasteiger partial charge in [-0.2, -0.15) is 0 Å². The molecule has 0 atom stereocenters. The number of pyridine rings is 1. The number of nitrogens with zero attached hydrogens (tertiary/aromatic N) is 2. The number of nitrogens with one attached hydrogen (secondary N) is 2. The molecule has 0 radical (unpaired) electrons. The van der Waals surface area contributed by atoms with Gasteiger partial charge in [0.15, 0.2) is 6.54 Å². The molecule has 0 saturated carbocycles. The number of hydrogen-bond donors (Lipinski definition) is 1. The number of aromatic amines is 1. The topological polar surface area (TPSA) is 46.5 Å². The second kappa shape index (κ2) is 4.66. The highest BCUT2D eigenvalue weighted by molar-refractivity contribution is 5.90. The van der Waals surface area contributed by atoms with Gasteiger partial charge in [-0.3, -0.25) is 4.90 Å². The number of H-pyrrole nitrogens is 1. The highest BCUT2D eigenvalue weighted by Crippen LogP contribution is 2.19. The third-order valence-corrected chi connectivity index (χ3v) is 4.13. The van der Waals surface area contributed by atoms with Crippen molar-refractivity contribution >= 4 is 11.7 Å². The Kier molecular flexibility index (Phi) is 3.01. The molecule has 5 nitrogen and oxygen atoms in total. The lowest BCUT2D eigenvalue weighted by atomic mass is 10.1. The van der Waals surface area contributed by atoms with Gasteiger partial charge in [0.05, 0.1) is 25.8 Å². The summed E-state index contributed by atoms with van der Waals surface area (Å²) in [4.78, 5) is 17.6. The third kappa shape index (κ3) is 2.37. The van der Waals surface area contributed by atoms with E-state index in [-0.39, 0.29) is 5.91 Å². The van der Waals surface area contributed by atoms with Gasteiger partial charge < -0.3 is 4.48 Å². The first-order valence-corrected chi connectivity index (χ1v) is 6.60. The standard InChI is InChI=1S/C13H18N4O/c18-13(15-12-3-1-2-4-14-12)11-17-8-5-16(6-9-17)7-10-17/h1-4H,5-11H2/p+2. The minimum atomic E-state index is 0.118. The van der Waals surface area contributed by atoms with Crippen LogP contribution in [0.4, 0.5) is 5.82 Å². The molecule has 4 rings (SSSR count). The first kappa shape index (κ1) is 11.6. The monoisotopic (exact) mass is 248 g/mol. The number of aromatic nitrogens is 1. The maximum Gasteiger partial charge on any atom is 0.362 e. The number of amides is 1. The van der Waals surface area contributed by atoms with Crippen molar-refractivity contribution in [1.29, 1.82) is 0 Å². The molecule has 5 heteroatoms. The molecule has 2 N–H and O–H groups in total. The summed E-state index contributed by atoms with van der Waals surface area (Å²) in [5.74, 6) is 0.893. The van der Waals surface area contributed by atoms with E-state index >= 15 is 0 Å². The molecule has 0 aliphatic carbocycles. The lowest BCUT2D eigenvalue weighted by Crippen LogP contribution is -2.68. The summed E-state index contributed by atoms with van der Waals surface area (Å²) >= 11 is 0. The lowest BCUT2D eigenvalue weighted by Gasteiger charge is -2.49. The van der Waals surface area contributed by atoms with Crippen LogP contribution in [0.3, 0.4) is 0 Å². The van der Waals surface area contributed by atoms with Gasteiger partial charge in [-0.15, -0.1) is 0 Å². The summed E-state index contributed by atoms with van der Waals surface area (Å²) < 4.78 is 0.967. The fourth-order valence-corrected chi connectivity index (χ4v) is 2.93. The predicted octanol–water partition coefficient (Wildman–Crippen LogP) is -0.415. The van der Waals surface area contributed by atoms with E-state index in [0.29, 0.717) is 6.54 Å². The Balaban J connectivity index is 1.61. The average molecular weight is 248 g/mol. The quantitative estimate of drug-likeness (QED) is 0.739. The Hall–Kier alpha value is -1.46. The van der Waals surface area contributed by atoms with Crippen LogP contribution in [0, 0.1) is 0 Å². The summed E-state index contributed by atoms with van der Waals surface area (Å²) in [5, 5.41) is 2.94. The van der Waals surface area contributed by atoms with Crippen molar-refractivity contribution in [3.63, 3.8) is 0 Å². The fraction of sp³-hybridized carbons (Fsp3) is 0.538. The van der Waals surface area contributed by atoms with E-state index in [4.69, 9.17) is 0 Å². The zero-order chi connectivity index (χ0) is 12.4. The Morgan fingerprint density at radius 1 is 1.28 bits per heavy atom. The number of quaternary nitrogens is 1. The van der Waals surface area contributed by atoms with Gasteiger partial charge in [-0.1, -0.05) is 6.07 Å². The Morgan fingerprint density at radius 2 is 2.00 bits per heavy atom. The van der Waals surface area contributed by atoms with Crippen LogP contribution in [-0.2, 0) is 4.79 Å². The molecular weight excluding hydrogens is 228 g/mol. The van der Waals surface area contributed by atoms with Crippen molar-refractivity contribution in [2.75, 3.05) is 51.1 Å². The third-order valence-electron chi connectivity index (χ3n) is 4.13. The van der Waals surface area contributed by atoms with Crippen LogP contribution in [-0.4, -0.2) is 61.1 Å². The summed E-state index contributed by atoms with van der Waals surface area (Å²) in [7, 11) is 0. The van der Waals surface area contributed by atoms with E-state index in [1.54, 1.807) is 0 Å². The minimum Gasteiger partial charge on any atom is -0.311 e. The molecule has 18 heavy (non-hydrogen) atoms. The number of hydrogen-bond acceptors (Lipinski definition) is 2.